The van der Waals surface area contributed by atoms with Crippen molar-refractivity contribution >= 4 is 35.5 Å². The van der Waals surface area contributed by atoms with Gasteiger partial charge in [0.15, 0.2) is 0 Å². The molecule has 0 N–H and O–H groups in total. The van der Waals surface area contributed by atoms with E-state index in [0.717, 1.165) is 0 Å². The van der Waals surface area contributed by atoms with E-state index in [2.05, 4.69) is 0 Å². The average molecular weight is 380 g/mol. The lowest BCUT2D eigenvalue weighted by Gasteiger charge is -2.04. The van der Waals surface area contributed by atoms with Crippen LogP contribution in [0.2, 0.25) is 0 Å². The van der Waals surface area contributed by atoms with Gasteiger partial charge in [-0.05, 0) is 12.8 Å². The zero-order chi connectivity index (χ0) is 18.1. The first-order chi connectivity index (χ1) is 12.1. The van der Waals surface area contributed by atoms with Crippen molar-refractivity contribution in [2.24, 2.45) is 0 Å². The highest BCUT2D eigenvalue weighted by Crippen LogP contribution is 2.24. The normalized spacial score (nSPS) is 10.6. The van der Waals surface area contributed by atoms with Crippen LogP contribution < -0.4 is 0 Å². The number of hydrogen-bond acceptors (Lipinski definition) is 7. The van der Waals surface area contributed by atoms with E-state index in [1.807, 2.05) is 0 Å². The molecule has 25 heavy (non-hydrogen) atoms. The molecule has 0 unspecified atom stereocenters. The Labute approximate surface area is 153 Å². The highest BCUT2D eigenvalue weighted by molar-refractivity contribution is 8.07. The molecule has 0 aliphatic carbocycles. The summed E-state index contributed by atoms with van der Waals surface area (Å²) in [5.74, 6) is 1.17. The Morgan fingerprint density at radius 2 is 1.16 bits per heavy atom. The fraction of sp³-hybridized carbons (Fsp3) is 0.250. The topological polar surface area (TPSA) is 95.5 Å². The number of aryl methyl sites for hydroxylation is 2. The molecule has 7 nitrogen and oxygen atoms in total. The third kappa shape index (κ3) is 6.04. The molecule has 0 spiro atoms. The largest absolute Gasteiger partial charge is 0.272 e. The summed E-state index contributed by atoms with van der Waals surface area (Å²) in [4.78, 5) is 21.1. The Bertz CT molecular complexity index is 680. The van der Waals surface area contributed by atoms with Crippen LogP contribution in [-0.4, -0.2) is 21.4 Å². The maximum Gasteiger partial charge on any atom is 0.272 e. The second kappa shape index (κ2) is 10.0. The third-order valence-electron chi connectivity index (χ3n) is 3.38. The van der Waals surface area contributed by atoms with E-state index in [-0.39, 0.29) is 21.2 Å². The summed E-state index contributed by atoms with van der Waals surface area (Å²) in [5, 5.41) is 21.8. The van der Waals surface area contributed by atoms with Crippen LogP contribution in [0.25, 0.3) is 0 Å². The first kappa shape index (κ1) is 19.2. The van der Waals surface area contributed by atoms with Gasteiger partial charge in [-0.15, -0.1) is 0 Å². The smallest absolute Gasteiger partial charge is 0.258 e. The molecular weight excluding hydrogens is 364 g/mol. The molecule has 0 heterocycles. The molecule has 0 radical (unpaired) electrons. The molecule has 0 fully saturated rings. The minimum absolute atomic E-state index is 0.118. The first-order valence-electron chi connectivity index (χ1n) is 7.45. The second-order valence-corrected chi connectivity index (χ2v) is 6.82. The fourth-order valence-corrected chi connectivity index (χ4v) is 3.63. The van der Waals surface area contributed by atoms with Gasteiger partial charge in [-0.2, -0.15) is 0 Å². The predicted octanol–water partition coefficient (Wildman–Crippen LogP) is 4.60. The van der Waals surface area contributed by atoms with Gasteiger partial charge in [0, 0.05) is 58.9 Å². The molecule has 0 aliphatic rings. The van der Waals surface area contributed by atoms with E-state index in [9.17, 15) is 20.2 Å². The third-order valence-corrected chi connectivity index (χ3v) is 4.89. The summed E-state index contributed by atoms with van der Waals surface area (Å²) in [6.07, 6.45) is 1.07. The van der Waals surface area contributed by atoms with Gasteiger partial charge in [0.05, 0.1) is 9.85 Å². The SMILES string of the molecule is O=[N+]([O-])c1ccccc1CCSOSCCc1ccccc1[N+](=O)[O-]. The molecule has 0 saturated heterocycles. The molecule has 0 atom stereocenters. The van der Waals surface area contributed by atoms with Crippen LogP contribution in [-0.2, 0) is 16.5 Å². The standard InChI is InChI=1S/C16H16N2O5S2/c19-17(20)15-7-3-1-5-13(15)9-11-24-23-25-12-10-14-6-2-4-8-16(14)18(21)22/h1-8H,9-12H2. The van der Waals surface area contributed by atoms with Crippen LogP contribution in [0.4, 0.5) is 11.4 Å². The summed E-state index contributed by atoms with van der Waals surface area (Å²) in [6.45, 7) is 0. The van der Waals surface area contributed by atoms with Crippen LogP contribution in [0.5, 0.6) is 0 Å². The molecule has 2 rings (SSSR count). The first-order valence-corrected chi connectivity index (χ1v) is 9.27. The van der Waals surface area contributed by atoms with Crippen molar-refractivity contribution in [1.82, 2.24) is 0 Å². The molecule has 2 aromatic carbocycles. The van der Waals surface area contributed by atoms with Crippen molar-refractivity contribution in [2.75, 3.05) is 11.5 Å². The lowest BCUT2D eigenvalue weighted by molar-refractivity contribution is -0.385. The Hall–Kier alpha value is -2.10. The van der Waals surface area contributed by atoms with E-state index in [0.29, 0.717) is 35.5 Å². The summed E-state index contributed by atoms with van der Waals surface area (Å²) >= 11 is 2.44. The maximum absolute atomic E-state index is 10.9. The van der Waals surface area contributed by atoms with Crippen LogP contribution in [0.15, 0.2) is 48.5 Å². The number of nitro groups is 2. The van der Waals surface area contributed by atoms with Crippen LogP contribution in [0.3, 0.4) is 0 Å². The predicted molar refractivity (Wildman–Crippen MR) is 99.6 cm³/mol. The van der Waals surface area contributed by atoms with Crippen LogP contribution >= 0.6 is 24.1 Å². The minimum Gasteiger partial charge on any atom is -0.258 e. The zero-order valence-corrected chi connectivity index (χ0v) is 14.8. The molecule has 0 bridgehead atoms. The van der Waals surface area contributed by atoms with Gasteiger partial charge in [0.1, 0.15) is 0 Å². The number of nitrogens with zero attached hydrogens (tertiary/aromatic N) is 2. The monoisotopic (exact) mass is 380 g/mol. The van der Waals surface area contributed by atoms with Crippen molar-refractivity contribution < 1.29 is 13.5 Å². The molecule has 9 heteroatoms. The van der Waals surface area contributed by atoms with Gasteiger partial charge in [-0.25, -0.2) is 3.63 Å². The van der Waals surface area contributed by atoms with Crippen molar-refractivity contribution in [3.05, 3.63) is 79.9 Å². The molecule has 0 saturated carbocycles. The zero-order valence-electron chi connectivity index (χ0n) is 13.2. The summed E-state index contributed by atoms with van der Waals surface area (Å²) in [6, 6.07) is 13.3. The van der Waals surface area contributed by atoms with E-state index in [4.69, 9.17) is 3.63 Å². The van der Waals surface area contributed by atoms with Gasteiger partial charge in [0.2, 0.25) is 0 Å². The molecule has 0 aromatic heterocycles. The molecule has 132 valence electrons. The molecular formula is C16H16N2O5S2. The van der Waals surface area contributed by atoms with Crippen molar-refractivity contribution in [2.45, 2.75) is 12.8 Å². The molecule has 0 aliphatic heterocycles. The van der Waals surface area contributed by atoms with E-state index in [1.54, 1.807) is 36.4 Å². The average Bonchev–Trinajstić information content (AvgIpc) is 2.61. The van der Waals surface area contributed by atoms with Crippen LogP contribution in [0, 0.1) is 20.2 Å². The molecule has 0 amide bonds. The second-order valence-electron chi connectivity index (χ2n) is 4.98. The number of hydrogen-bond donors (Lipinski definition) is 0. The van der Waals surface area contributed by atoms with E-state index < -0.39 is 0 Å². The van der Waals surface area contributed by atoms with Crippen molar-refractivity contribution in [1.29, 1.82) is 0 Å². The fourth-order valence-electron chi connectivity index (χ4n) is 2.21. The van der Waals surface area contributed by atoms with Gasteiger partial charge in [0.25, 0.3) is 11.4 Å². The Balaban J connectivity index is 1.68. The van der Waals surface area contributed by atoms with Crippen molar-refractivity contribution in [3.8, 4) is 0 Å². The van der Waals surface area contributed by atoms with Gasteiger partial charge in [-0.1, -0.05) is 36.4 Å². The van der Waals surface area contributed by atoms with Gasteiger partial charge < -0.3 is 0 Å². The van der Waals surface area contributed by atoms with E-state index in [1.165, 1.54) is 36.2 Å². The quantitative estimate of drug-likeness (QED) is 0.257. The Morgan fingerprint density at radius 3 is 1.56 bits per heavy atom. The highest BCUT2D eigenvalue weighted by Gasteiger charge is 2.13. The van der Waals surface area contributed by atoms with Crippen LogP contribution in [0.1, 0.15) is 11.1 Å². The highest BCUT2D eigenvalue weighted by atomic mass is 32.2. The molecule has 2 aromatic rings. The van der Waals surface area contributed by atoms with Crippen molar-refractivity contribution in [3.63, 3.8) is 0 Å². The summed E-state index contributed by atoms with van der Waals surface area (Å²) < 4.78 is 5.37. The Morgan fingerprint density at radius 1 is 0.760 bits per heavy atom. The van der Waals surface area contributed by atoms with E-state index >= 15 is 0 Å². The van der Waals surface area contributed by atoms with Gasteiger partial charge in [-0.3, -0.25) is 20.2 Å². The number of para-hydroxylation sites is 2. The number of nitro benzene ring substituents is 2. The lowest BCUT2D eigenvalue weighted by atomic mass is 10.1. The summed E-state index contributed by atoms with van der Waals surface area (Å²) in [5.41, 5.74) is 1.58. The summed E-state index contributed by atoms with van der Waals surface area (Å²) in [7, 11) is 0. The number of rotatable bonds is 10. The number of benzene rings is 2. The minimum atomic E-state index is -0.387. The van der Waals surface area contributed by atoms with Gasteiger partial charge >= 0.3 is 0 Å². The maximum atomic E-state index is 10.9. The lowest BCUT2D eigenvalue weighted by Crippen LogP contribution is -1.97. The Kier molecular flexibility index (Phi) is 7.71.